The van der Waals surface area contributed by atoms with Crippen molar-refractivity contribution in [2.75, 3.05) is 53.4 Å². The van der Waals surface area contributed by atoms with E-state index in [1.165, 1.54) is 0 Å². The molecule has 0 radical (unpaired) electrons. The number of likely N-dealkylation sites (tertiary alicyclic amines) is 2. The molecule has 124 valence electrons. The third-order valence-electron chi connectivity index (χ3n) is 6.13. The largest absolute Gasteiger partial charge is 0.356 e. The molecule has 3 saturated heterocycles. The van der Waals surface area contributed by atoms with E-state index in [1.54, 1.807) is 19.0 Å². The Balaban J connectivity index is 1.80. The molecule has 3 rings (SSSR count). The van der Waals surface area contributed by atoms with Gasteiger partial charge in [-0.1, -0.05) is 6.92 Å². The molecule has 1 atom stereocenters. The van der Waals surface area contributed by atoms with E-state index in [0.29, 0.717) is 0 Å². The van der Waals surface area contributed by atoms with Crippen molar-refractivity contribution in [1.29, 1.82) is 0 Å². The van der Waals surface area contributed by atoms with Gasteiger partial charge in [0.25, 0.3) is 0 Å². The van der Waals surface area contributed by atoms with Crippen LogP contribution in [0.2, 0.25) is 0 Å². The van der Waals surface area contributed by atoms with Crippen LogP contribution in [0.1, 0.15) is 26.2 Å². The molecule has 2 spiro atoms. The van der Waals surface area contributed by atoms with Crippen LogP contribution in [-0.2, 0) is 4.79 Å². The maximum Gasteiger partial charge on any atom is 0.319 e. The highest BCUT2D eigenvalue weighted by molar-refractivity contribution is 5.86. The van der Waals surface area contributed by atoms with Crippen LogP contribution in [0, 0.1) is 10.8 Å². The molecule has 0 aliphatic carbocycles. The Morgan fingerprint density at radius 2 is 1.91 bits per heavy atom. The Hall–Kier alpha value is -1.30. The van der Waals surface area contributed by atoms with Crippen molar-refractivity contribution in [3.63, 3.8) is 0 Å². The highest BCUT2D eigenvalue weighted by atomic mass is 16.2. The number of hydrogen-bond acceptors (Lipinski definition) is 3. The molecule has 1 N–H and O–H groups in total. The summed E-state index contributed by atoms with van der Waals surface area (Å²) in [5.74, 6) is 0.246. The lowest BCUT2D eigenvalue weighted by Crippen LogP contribution is -2.54. The summed E-state index contributed by atoms with van der Waals surface area (Å²) in [6.45, 7) is 7.39. The van der Waals surface area contributed by atoms with Crippen LogP contribution < -0.4 is 5.32 Å². The molecule has 0 aromatic heterocycles. The lowest BCUT2D eigenvalue weighted by molar-refractivity contribution is -0.133. The molecule has 3 aliphatic rings. The van der Waals surface area contributed by atoms with Gasteiger partial charge in [0.1, 0.15) is 0 Å². The maximum atomic E-state index is 12.6. The molecule has 0 aromatic rings. The number of nitrogens with zero attached hydrogens (tertiary/aromatic N) is 3. The van der Waals surface area contributed by atoms with Crippen LogP contribution >= 0.6 is 0 Å². The molecule has 1 unspecified atom stereocenters. The number of hydrogen-bond donors (Lipinski definition) is 1. The molecular weight excluding hydrogens is 280 g/mol. The minimum atomic E-state index is -0.226. The van der Waals surface area contributed by atoms with Crippen molar-refractivity contribution < 1.29 is 9.59 Å². The van der Waals surface area contributed by atoms with E-state index in [9.17, 15) is 9.59 Å². The summed E-state index contributed by atoms with van der Waals surface area (Å²) in [4.78, 5) is 30.8. The molecular formula is C16H28N4O2. The fourth-order valence-electron chi connectivity index (χ4n) is 4.78. The standard InChI is InChI=1S/C16H28N4O2/c1-4-19-11-15(16(12-19)5-8-17-13(16)21)6-9-20(10-7-15)14(22)18(2)3/h4-12H2,1-3H3,(H,17,21). The molecule has 0 bridgehead atoms. The molecule has 3 fully saturated rings. The first-order chi connectivity index (χ1) is 10.4. The van der Waals surface area contributed by atoms with E-state index in [2.05, 4.69) is 17.1 Å². The summed E-state index contributed by atoms with van der Waals surface area (Å²) in [5, 5.41) is 3.07. The normalized spacial score (nSPS) is 31.0. The molecule has 3 amide bonds. The Morgan fingerprint density at radius 3 is 2.41 bits per heavy atom. The SMILES string of the molecule is CCN1CC2(CCN(C(=O)N(C)C)CC2)C2(CCNC2=O)C1. The van der Waals surface area contributed by atoms with Gasteiger partial charge in [-0.3, -0.25) is 4.79 Å². The second-order valence-electron chi connectivity index (χ2n) is 7.34. The van der Waals surface area contributed by atoms with E-state index in [0.717, 1.165) is 58.5 Å². The monoisotopic (exact) mass is 308 g/mol. The molecule has 3 heterocycles. The minimum Gasteiger partial charge on any atom is -0.356 e. The molecule has 6 heteroatoms. The Kier molecular flexibility index (Phi) is 3.83. The van der Waals surface area contributed by atoms with Gasteiger partial charge in [-0.15, -0.1) is 0 Å². The lowest BCUT2D eigenvalue weighted by atomic mass is 9.60. The van der Waals surface area contributed by atoms with Crippen molar-refractivity contribution in [2.45, 2.75) is 26.2 Å². The first-order valence-corrected chi connectivity index (χ1v) is 8.41. The average molecular weight is 308 g/mol. The smallest absolute Gasteiger partial charge is 0.319 e. The highest BCUT2D eigenvalue weighted by Crippen LogP contribution is 2.56. The Bertz CT molecular complexity index is 471. The fourth-order valence-corrected chi connectivity index (χ4v) is 4.78. The predicted octanol–water partition coefficient (Wildman–Crippen LogP) is 0.592. The van der Waals surface area contributed by atoms with Gasteiger partial charge in [-0.2, -0.15) is 0 Å². The third kappa shape index (κ3) is 2.11. The van der Waals surface area contributed by atoms with E-state index in [-0.39, 0.29) is 22.8 Å². The number of piperidine rings is 1. The highest BCUT2D eigenvalue weighted by Gasteiger charge is 2.63. The second-order valence-corrected chi connectivity index (χ2v) is 7.34. The Morgan fingerprint density at radius 1 is 1.23 bits per heavy atom. The summed E-state index contributed by atoms with van der Waals surface area (Å²) < 4.78 is 0. The average Bonchev–Trinajstić information content (AvgIpc) is 3.02. The third-order valence-corrected chi connectivity index (χ3v) is 6.13. The lowest BCUT2D eigenvalue weighted by Gasteiger charge is -2.47. The van der Waals surface area contributed by atoms with Crippen molar-refractivity contribution in [2.24, 2.45) is 10.8 Å². The van der Waals surface area contributed by atoms with Crippen LogP contribution in [-0.4, -0.2) is 80.0 Å². The van der Waals surface area contributed by atoms with Crippen molar-refractivity contribution in [3.8, 4) is 0 Å². The van der Waals surface area contributed by atoms with E-state index >= 15 is 0 Å². The van der Waals surface area contributed by atoms with Gasteiger partial charge in [0.15, 0.2) is 0 Å². The quantitative estimate of drug-likeness (QED) is 0.771. The summed E-state index contributed by atoms with van der Waals surface area (Å²) in [6, 6.07) is 0.0881. The molecule has 0 aromatic carbocycles. The van der Waals surface area contributed by atoms with Crippen LogP contribution in [0.25, 0.3) is 0 Å². The number of carbonyl (C=O) groups excluding carboxylic acids is 2. The topological polar surface area (TPSA) is 55.9 Å². The number of rotatable bonds is 1. The number of nitrogens with one attached hydrogen (secondary N) is 1. The number of carbonyl (C=O) groups is 2. The summed E-state index contributed by atoms with van der Waals surface area (Å²) in [7, 11) is 3.60. The van der Waals surface area contributed by atoms with Gasteiger partial charge in [-0.05, 0) is 25.8 Å². The fraction of sp³-hybridized carbons (Fsp3) is 0.875. The van der Waals surface area contributed by atoms with Gasteiger partial charge in [0, 0.05) is 52.2 Å². The van der Waals surface area contributed by atoms with Crippen LogP contribution in [0.5, 0.6) is 0 Å². The maximum absolute atomic E-state index is 12.6. The van der Waals surface area contributed by atoms with Gasteiger partial charge >= 0.3 is 6.03 Å². The van der Waals surface area contributed by atoms with Crippen molar-refractivity contribution >= 4 is 11.9 Å². The van der Waals surface area contributed by atoms with E-state index in [1.807, 2.05) is 4.90 Å². The minimum absolute atomic E-state index is 0.0483. The van der Waals surface area contributed by atoms with Crippen LogP contribution in [0.4, 0.5) is 4.79 Å². The van der Waals surface area contributed by atoms with Gasteiger partial charge in [-0.25, -0.2) is 4.79 Å². The van der Waals surface area contributed by atoms with E-state index in [4.69, 9.17) is 0 Å². The zero-order chi connectivity index (χ0) is 16.0. The molecule has 3 aliphatic heterocycles. The van der Waals surface area contributed by atoms with Gasteiger partial charge in [0.05, 0.1) is 5.41 Å². The van der Waals surface area contributed by atoms with Crippen LogP contribution in [0.15, 0.2) is 0 Å². The molecule has 6 nitrogen and oxygen atoms in total. The second kappa shape index (κ2) is 5.41. The predicted molar refractivity (Wildman–Crippen MR) is 84.5 cm³/mol. The van der Waals surface area contributed by atoms with Gasteiger partial charge < -0.3 is 20.0 Å². The Labute approximate surface area is 132 Å². The van der Waals surface area contributed by atoms with Crippen LogP contribution in [0.3, 0.4) is 0 Å². The summed E-state index contributed by atoms with van der Waals surface area (Å²) >= 11 is 0. The number of urea groups is 1. The number of amides is 3. The zero-order valence-corrected chi connectivity index (χ0v) is 14.0. The van der Waals surface area contributed by atoms with E-state index < -0.39 is 0 Å². The summed E-state index contributed by atoms with van der Waals surface area (Å²) in [5.41, 5.74) is -0.178. The van der Waals surface area contributed by atoms with Gasteiger partial charge in [0.2, 0.25) is 5.91 Å². The molecule has 0 saturated carbocycles. The number of fused-ring (bicyclic) bond motifs is 1. The van der Waals surface area contributed by atoms with Crippen molar-refractivity contribution in [3.05, 3.63) is 0 Å². The first-order valence-electron chi connectivity index (χ1n) is 8.41. The zero-order valence-electron chi connectivity index (χ0n) is 14.0. The first kappa shape index (κ1) is 15.6. The van der Waals surface area contributed by atoms with Crippen molar-refractivity contribution in [1.82, 2.24) is 20.0 Å². The summed E-state index contributed by atoms with van der Waals surface area (Å²) in [6.07, 6.45) is 2.83. The molecule has 22 heavy (non-hydrogen) atoms.